The molecule has 2 aliphatic rings. The van der Waals surface area contributed by atoms with Crippen LogP contribution in [-0.4, -0.2) is 24.5 Å². The minimum absolute atomic E-state index is 0.159. The average molecular weight is 206 g/mol. The Bertz CT molecular complexity index is 259. The maximum Gasteiger partial charge on any atom is 0.108 e. The van der Waals surface area contributed by atoms with Gasteiger partial charge < -0.3 is 0 Å². The van der Waals surface area contributed by atoms with Crippen molar-refractivity contribution in [1.82, 2.24) is 4.90 Å². The molecule has 1 spiro atoms. The lowest BCUT2D eigenvalue weighted by molar-refractivity contribution is 0.0792. The standard InChI is InChI=1S/C13H22N2/c1-15(2)13(11-14)9-7-12(8-10-13)5-3-4-6-12/h3-10H2,1-2H3. The quantitative estimate of drug-likeness (QED) is 0.659. The van der Waals surface area contributed by atoms with Crippen LogP contribution >= 0.6 is 0 Å². The molecule has 2 rings (SSSR count). The second-order valence-electron chi connectivity index (χ2n) is 5.74. The Labute approximate surface area is 93.3 Å². The van der Waals surface area contributed by atoms with Crippen LogP contribution in [0.1, 0.15) is 51.4 Å². The SMILES string of the molecule is CN(C)C1(C#N)CCC2(CCCC2)CC1. The monoisotopic (exact) mass is 206 g/mol. The van der Waals surface area contributed by atoms with Crippen LogP contribution in [0.15, 0.2) is 0 Å². The van der Waals surface area contributed by atoms with Crippen LogP contribution < -0.4 is 0 Å². The van der Waals surface area contributed by atoms with E-state index in [0.717, 1.165) is 12.8 Å². The Morgan fingerprint density at radius 3 is 1.87 bits per heavy atom. The zero-order valence-electron chi connectivity index (χ0n) is 10.1. The first-order valence-electron chi connectivity index (χ1n) is 6.21. The van der Waals surface area contributed by atoms with Gasteiger partial charge in [-0.15, -0.1) is 0 Å². The third kappa shape index (κ3) is 1.78. The van der Waals surface area contributed by atoms with Crippen molar-refractivity contribution >= 4 is 0 Å². The summed E-state index contributed by atoms with van der Waals surface area (Å²) in [5, 5.41) is 9.35. The highest BCUT2D eigenvalue weighted by atomic mass is 15.1. The molecular weight excluding hydrogens is 184 g/mol. The van der Waals surface area contributed by atoms with Gasteiger partial charge in [-0.05, 0) is 58.0 Å². The minimum atomic E-state index is -0.159. The van der Waals surface area contributed by atoms with E-state index in [-0.39, 0.29) is 5.54 Å². The van der Waals surface area contributed by atoms with Crippen molar-refractivity contribution in [1.29, 1.82) is 5.26 Å². The van der Waals surface area contributed by atoms with Crippen LogP contribution in [0, 0.1) is 16.7 Å². The molecule has 0 atom stereocenters. The summed E-state index contributed by atoms with van der Waals surface area (Å²) in [6, 6.07) is 2.55. The van der Waals surface area contributed by atoms with Crippen molar-refractivity contribution < 1.29 is 0 Å². The molecule has 0 radical (unpaired) electrons. The van der Waals surface area contributed by atoms with Crippen molar-refractivity contribution in [3.05, 3.63) is 0 Å². The molecule has 84 valence electrons. The molecule has 2 nitrogen and oxygen atoms in total. The molecule has 0 N–H and O–H groups in total. The fraction of sp³-hybridized carbons (Fsp3) is 0.923. The molecule has 0 aromatic rings. The van der Waals surface area contributed by atoms with Crippen LogP contribution in [0.2, 0.25) is 0 Å². The van der Waals surface area contributed by atoms with E-state index in [1.807, 2.05) is 0 Å². The van der Waals surface area contributed by atoms with Gasteiger partial charge in [0.25, 0.3) is 0 Å². The molecule has 0 bridgehead atoms. The van der Waals surface area contributed by atoms with Crippen molar-refractivity contribution in [2.45, 2.75) is 56.9 Å². The summed E-state index contributed by atoms with van der Waals surface area (Å²) in [5.41, 5.74) is 0.476. The second-order valence-corrected chi connectivity index (χ2v) is 5.74. The molecule has 2 aliphatic carbocycles. The van der Waals surface area contributed by atoms with E-state index in [1.165, 1.54) is 38.5 Å². The first-order valence-corrected chi connectivity index (χ1v) is 6.21. The number of hydrogen-bond donors (Lipinski definition) is 0. The summed E-state index contributed by atoms with van der Waals surface area (Å²) < 4.78 is 0. The normalized spacial score (nSPS) is 28.1. The predicted octanol–water partition coefficient (Wildman–Crippen LogP) is 2.94. The molecule has 2 fully saturated rings. The maximum absolute atomic E-state index is 9.35. The van der Waals surface area contributed by atoms with Crippen molar-refractivity contribution in [2.75, 3.05) is 14.1 Å². The molecule has 0 aromatic heterocycles. The van der Waals surface area contributed by atoms with E-state index in [1.54, 1.807) is 0 Å². The summed E-state index contributed by atoms with van der Waals surface area (Å²) >= 11 is 0. The van der Waals surface area contributed by atoms with Crippen LogP contribution in [0.3, 0.4) is 0 Å². The smallest absolute Gasteiger partial charge is 0.108 e. The summed E-state index contributed by atoms with van der Waals surface area (Å²) in [7, 11) is 4.10. The summed E-state index contributed by atoms with van der Waals surface area (Å²) in [6.07, 6.45) is 10.4. The van der Waals surface area contributed by atoms with E-state index in [0.29, 0.717) is 5.41 Å². The lowest BCUT2D eigenvalue weighted by Gasteiger charge is -2.44. The molecule has 2 saturated carbocycles. The number of rotatable bonds is 1. The van der Waals surface area contributed by atoms with Crippen molar-refractivity contribution in [3.63, 3.8) is 0 Å². The zero-order chi connectivity index (χ0) is 10.9. The fourth-order valence-corrected chi connectivity index (χ4v) is 3.48. The first-order chi connectivity index (χ1) is 7.13. The van der Waals surface area contributed by atoms with Gasteiger partial charge >= 0.3 is 0 Å². The van der Waals surface area contributed by atoms with Gasteiger partial charge in [0.15, 0.2) is 0 Å². The van der Waals surface area contributed by atoms with Gasteiger partial charge in [0, 0.05) is 0 Å². The fourth-order valence-electron chi connectivity index (χ4n) is 3.48. The molecule has 0 aliphatic heterocycles. The third-order valence-electron chi connectivity index (χ3n) is 4.87. The van der Waals surface area contributed by atoms with Crippen LogP contribution in [0.5, 0.6) is 0 Å². The summed E-state index contributed by atoms with van der Waals surface area (Å²) in [6.45, 7) is 0. The van der Waals surface area contributed by atoms with Gasteiger partial charge in [0.1, 0.15) is 5.54 Å². The molecular formula is C13H22N2. The van der Waals surface area contributed by atoms with Gasteiger partial charge in [-0.3, -0.25) is 4.90 Å². The van der Waals surface area contributed by atoms with E-state index in [4.69, 9.17) is 0 Å². The molecule has 2 heteroatoms. The van der Waals surface area contributed by atoms with Crippen molar-refractivity contribution in [2.24, 2.45) is 5.41 Å². The topological polar surface area (TPSA) is 27.0 Å². The van der Waals surface area contributed by atoms with Gasteiger partial charge in [-0.25, -0.2) is 0 Å². The Morgan fingerprint density at radius 2 is 1.47 bits per heavy atom. The maximum atomic E-state index is 9.35. The van der Waals surface area contributed by atoms with Gasteiger partial charge in [0.2, 0.25) is 0 Å². The van der Waals surface area contributed by atoms with E-state index in [9.17, 15) is 5.26 Å². The molecule has 0 heterocycles. The zero-order valence-corrected chi connectivity index (χ0v) is 10.1. The lowest BCUT2D eigenvalue weighted by Crippen LogP contribution is -2.47. The Morgan fingerprint density at radius 1 is 0.933 bits per heavy atom. The van der Waals surface area contributed by atoms with Crippen molar-refractivity contribution in [3.8, 4) is 6.07 Å². The van der Waals surface area contributed by atoms with E-state index >= 15 is 0 Å². The highest BCUT2D eigenvalue weighted by Gasteiger charge is 2.45. The number of nitriles is 1. The second kappa shape index (κ2) is 3.79. The lowest BCUT2D eigenvalue weighted by atomic mass is 9.66. The Kier molecular flexibility index (Phi) is 2.77. The summed E-state index contributed by atoms with van der Waals surface area (Å²) in [4.78, 5) is 2.13. The Balaban J connectivity index is 2.05. The van der Waals surface area contributed by atoms with Gasteiger partial charge in [0.05, 0.1) is 6.07 Å². The van der Waals surface area contributed by atoms with Crippen LogP contribution in [-0.2, 0) is 0 Å². The third-order valence-corrected chi connectivity index (χ3v) is 4.87. The summed E-state index contributed by atoms with van der Waals surface area (Å²) in [5.74, 6) is 0. The Hall–Kier alpha value is -0.550. The van der Waals surface area contributed by atoms with Gasteiger partial charge in [-0.1, -0.05) is 12.8 Å². The molecule has 0 saturated heterocycles. The largest absolute Gasteiger partial charge is 0.292 e. The average Bonchev–Trinajstić information content (AvgIpc) is 2.68. The number of hydrogen-bond acceptors (Lipinski definition) is 2. The molecule has 15 heavy (non-hydrogen) atoms. The molecule has 0 aromatic carbocycles. The van der Waals surface area contributed by atoms with Crippen LogP contribution in [0.25, 0.3) is 0 Å². The highest BCUT2D eigenvalue weighted by molar-refractivity contribution is 5.11. The van der Waals surface area contributed by atoms with E-state index < -0.39 is 0 Å². The van der Waals surface area contributed by atoms with Crippen LogP contribution in [0.4, 0.5) is 0 Å². The molecule has 0 unspecified atom stereocenters. The predicted molar refractivity (Wildman–Crippen MR) is 61.4 cm³/mol. The van der Waals surface area contributed by atoms with Gasteiger partial charge in [-0.2, -0.15) is 5.26 Å². The first kappa shape index (κ1) is 11.0. The van der Waals surface area contributed by atoms with E-state index in [2.05, 4.69) is 25.1 Å². The molecule has 0 amide bonds. The minimum Gasteiger partial charge on any atom is -0.292 e. The number of nitrogens with zero attached hydrogens (tertiary/aromatic N) is 2. The highest BCUT2D eigenvalue weighted by Crippen LogP contribution is 2.51.